The van der Waals surface area contributed by atoms with E-state index < -0.39 is 0 Å². The Hall–Kier alpha value is -1.51. The van der Waals surface area contributed by atoms with Gasteiger partial charge in [-0.1, -0.05) is 36.7 Å². The number of hydrogen-bond donors (Lipinski definition) is 1. The summed E-state index contributed by atoms with van der Waals surface area (Å²) in [5.74, 6) is 1.70. The molecule has 0 radical (unpaired) electrons. The number of hydrogen-bond acceptors (Lipinski definition) is 2. The second kappa shape index (κ2) is 6.50. The van der Waals surface area contributed by atoms with Gasteiger partial charge in [0.2, 0.25) is 0 Å². The molecule has 1 saturated carbocycles. The number of benzene rings is 2. The molecule has 2 nitrogen and oxygen atoms in total. The topological polar surface area (TPSA) is 21.3 Å². The summed E-state index contributed by atoms with van der Waals surface area (Å²) in [5, 5.41) is 4.22. The van der Waals surface area contributed by atoms with Crippen LogP contribution in [0.3, 0.4) is 0 Å². The molecular formula is C18H20ClNO. The third kappa shape index (κ3) is 3.99. The van der Waals surface area contributed by atoms with Crippen LogP contribution in [0.2, 0.25) is 5.02 Å². The van der Waals surface area contributed by atoms with Crippen LogP contribution < -0.4 is 10.1 Å². The molecule has 3 heteroatoms. The van der Waals surface area contributed by atoms with E-state index in [4.69, 9.17) is 16.3 Å². The average molecular weight is 302 g/mol. The van der Waals surface area contributed by atoms with Crippen LogP contribution in [0.5, 0.6) is 11.5 Å². The predicted octanol–water partition coefficient (Wildman–Crippen LogP) is 4.95. The maximum absolute atomic E-state index is 6.12. The van der Waals surface area contributed by atoms with Crippen LogP contribution in [0.25, 0.3) is 0 Å². The molecule has 0 aliphatic heterocycles. The van der Waals surface area contributed by atoms with E-state index in [-0.39, 0.29) is 0 Å². The summed E-state index contributed by atoms with van der Waals surface area (Å²) in [5.41, 5.74) is 2.42. The maximum atomic E-state index is 6.12. The van der Waals surface area contributed by atoms with Crippen LogP contribution in [0.4, 0.5) is 0 Å². The zero-order chi connectivity index (χ0) is 14.7. The summed E-state index contributed by atoms with van der Waals surface area (Å²) >= 11 is 6.12. The Kier molecular flexibility index (Phi) is 4.47. The van der Waals surface area contributed by atoms with E-state index in [1.807, 2.05) is 30.3 Å². The number of rotatable bonds is 6. The smallest absolute Gasteiger partial charge is 0.133 e. The van der Waals surface area contributed by atoms with Crippen molar-refractivity contribution in [2.24, 2.45) is 0 Å². The van der Waals surface area contributed by atoms with E-state index in [1.165, 1.54) is 18.4 Å². The van der Waals surface area contributed by atoms with Crippen LogP contribution in [0.1, 0.15) is 30.9 Å². The number of aryl methyl sites for hydroxylation is 1. The van der Waals surface area contributed by atoms with Gasteiger partial charge in [-0.25, -0.2) is 0 Å². The van der Waals surface area contributed by atoms with E-state index in [9.17, 15) is 0 Å². The number of ether oxygens (including phenoxy) is 1. The fraction of sp³-hybridized carbons (Fsp3) is 0.333. The normalized spacial score (nSPS) is 14.2. The fourth-order valence-corrected chi connectivity index (χ4v) is 2.43. The largest absolute Gasteiger partial charge is 0.457 e. The Morgan fingerprint density at radius 3 is 2.81 bits per heavy atom. The molecule has 110 valence electrons. The lowest BCUT2D eigenvalue weighted by Crippen LogP contribution is -2.15. The minimum absolute atomic E-state index is 0.678. The minimum atomic E-state index is 0.678. The van der Waals surface area contributed by atoms with Crippen LogP contribution in [0.15, 0.2) is 42.5 Å². The van der Waals surface area contributed by atoms with Crippen molar-refractivity contribution >= 4 is 11.6 Å². The Balaban J connectivity index is 1.79. The highest BCUT2D eigenvalue weighted by Crippen LogP contribution is 2.30. The highest BCUT2D eigenvalue weighted by Gasteiger charge is 2.20. The molecule has 3 rings (SSSR count). The van der Waals surface area contributed by atoms with Crippen LogP contribution in [0, 0.1) is 0 Å². The highest BCUT2D eigenvalue weighted by atomic mass is 35.5. The molecule has 0 spiro atoms. The van der Waals surface area contributed by atoms with Gasteiger partial charge in [-0.15, -0.1) is 0 Å². The SMILES string of the molecule is CCc1cccc(Oc2cc(Cl)ccc2CNC2CC2)c1. The van der Waals surface area contributed by atoms with Gasteiger partial charge in [0.1, 0.15) is 11.5 Å². The average Bonchev–Trinajstić information content (AvgIpc) is 3.31. The highest BCUT2D eigenvalue weighted by molar-refractivity contribution is 6.30. The molecule has 2 aromatic carbocycles. The molecule has 0 atom stereocenters. The molecule has 0 bridgehead atoms. The molecular weight excluding hydrogens is 282 g/mol. The first-order valence-electron chi connectivity index (χ1n) is 7.53. The summed E-state index contributed by atoms with van der Waals surface area (Å²) in [6.45, 7) is 2.97. The summed E-state index contributed by atoms with van der Waals surface area (Å²) in [6.07, 6.45) is 3.56. The lowest BCUT2D eigenvalue weighted by atomic mass is 10.1. The van der Waals surface area contributed by atoms with E-state index in [0.29, 0.717) is 11.1 Å². The zero-order valence-corrected chi connectivity index (χ0v) is 13.0. The molecule has 0 amide bonds. The Bertz CT molecular complexity index is 622. The molecule has 1 aliphatic carbocycles. The Morgan fingerprint density at radius 1 is 1.19 bits per heavy atom. The van der Waals surface area contributed by atoms with Gasteiger partial charge < -0.3 is 10.1 Å². The standard InChI is InChI=1S/C18H20ClNO/c1-2-13-4-3-5-17(10-13)21-18-11-15(19)7-6-14(18)12-20-16-8-9-16/h3-7,10-11,16,20H,2,8-9,12H2,1H3. The zero-order valence-electron chi connectivity index (χ0n) is 12.2. The van der Waals surface area contributed by atoms with Gasteiger partial charge in [0, 0.05) is 23.2 Å². The first kappa shape index (κ1) is 14.4. The first-order chi connectivity index (χ1) is 10.2. The monoisotopic (exact) mass is 301 g/mol. The summed E-state index contributed by atoms with van der Waals surface area (Å²) in [4.78, 5) is 0. The minimum Gasteiger partial charge on any atom is -0.457 e. The van der Waals surface area contributed by atoms with Crippen molar-refractivity contribution in [2.75, 3.05) is 0 Å². The molecule has 21 heavy (non-hydrogen) atoms. The molecule has 0 unspecified atom stereocenters. The fourth-order valence-electron chi connectivity index (χ4n) is 2.27. The van der Waals surface area contributed by atoms with Crippen molar-refractivity contribution in [1.29, 1.82) is 0 Å². The number of halogens is 1. The third-order valence-electron chi connectivity index (χ3n) is 3.72. The predicted molar refractivity (Wildman–Crippen MR) is 87.2 cm³/mol. The lowest BCUT2D eigenvalue weighted by Gasteiger charge is -2.13. The van der Waals surface area contributed by atoms with Gasteiger partial charge in [0.25, 0.3) is 0 Å². The van der Waals surface area contributed by atoms with E-state index >= 15 is 0 Å². The quantitative estimate of drug-likeness (QED) is 0.815. The van der Waals surface area contributed by atoms with Gasteiger partial charge in [-0.05, 0) is 49.1 Å². The molecule has 1 fully saturated rings. The van der Waals surface area contributed by atoms with Crippen LogP contribution in [-0.2, 0) is 13.0 Å². The van der Waals surface area contributed by atoms with Crippen molar-refractivity contribution in [3.63, 3.8) is 0 Å². The molecule has 0 heterocycles. The Morgan fingerprint density at radius 2 is 2.05 bits per heavy atom. The Labute approximate surface area is 131 Å². The number of nitrogens with one attached hydrogen (secondary N) is 1. The molecule has 0 aromatic heterocycles. The van der Waals surface area contributed by atoms with Crippen molar-refractivity contribution < 1.29 is 4.74 Å². The molecule has 2 aromatic rings. The van der Waals surface area contributed by atoms with Crippen LogP contribution in [-0.4, -0.2) is 6.04 Å². The van der Waals surface area contributed by atoms with Crippen molar-refractivity contribution in [3.05, 3.63) is 58.6 Å². The first-order valence-corrected chi connectivity index (χ1v) is 7.91. The summed E-state index contributed by atoms with van der Waals surface area (Å²) in [6, 6.07) is 14.7. The molecule has 0 saturated heterocycles. The summed E-state index contributed by atoms with van der Waals surface area (Å²) < 4.78 is 6.06. The van der Waals surface area contributed by atoms with E-state index in [1.54, 1.807) is 0 Å². The second-order valence-electron chi connectivity index (χ2n) is 5.51. The van der Waals surface area contributed by atoms with Crippen molar-refractivity contribution in [3.8, 4) is 11.5 Å². The third-order valence-corrected chi connectivity index (χ3v) is 3.96. The second-order valence-corrected chi connectivity index (χ2v) is 5.95. The summed E-state index contributed by atoms with van der Waals surface area (Å²) in [7, 11) is 0. The molecule has 1 aliphatic rings. The van der Waals surface area contributed by atoms with Crippen LogP contribution >= 0.6 is 11.6 Å². The van der Waals surface area contributed by atoms with Crippen molar-refractivity contribution in [1.82, 2.24) is 5.32 Å². The van der Waals surface area contributed by atoms with Gasteiger partial charge in [0.15, 0.2) is 0 Å². The lowest BCUT2D eigenvalue weighted by molar-refractivity contribution is 0.472. The van der Waals surface area contributed by atoms with E-state index in [0.717, 1.165) is 30.0 Å². The van der Waals surface area contributed by atoms with Gasteiger partial charge in [0.05, 0.1) is 0 Å². The van der Waals surface area contributed by atoms with Gasteiger partial charge in [-0.2, -0.15) is 0 Å². The molecule has 1 N–H and O–H groups in total. The van der Waals surface area contributed by atoms with Gasteiger partial charge in [-0.3, -0.25) is 0 Å². The van der Waals surface area contributed by atoms with E-state index in [2.05, 4.69) is 24.4 Å². The maximum Gasteiger partial charge on any atom is 0.133 e. The van der Waals surface area contributed by atoms with Gasteiger partial charge >= 0.3 is 0 Å². The van der Waals surface area contributed by atoms with Crippen molar-refractivity contribution in [2.45, 2.75) is 38.8 Å².